The Morgan fingerprint density at radius 3 is 2.27 bits per heavy atom. The molecule has 0 spiro atoms. The van der Waals surface area contributed by atoms with Gasteiger partial charge in [0.25, 0.3) is 0 Å². The van der Waals surface area contributed by atoms with E-state index in [2.05, 4.69) is 20.7 Å². The van der Waals surface area contributed by atoms with Crippen molar-refractivity contribution >= 4 is 31.9 Å². The highest BCUT2D eigenvalue weighted by Gasteiger charge is 2.24. The number of aliphatic carboxylic acids is 1. The maximum Gasteiger partial charge on any atom is 0.305 e. The van der Waals surface area contributed by atoms with Crippen LogP contribution in [0.5, 0.6) is 0 Å². The lowest BCUT2D eigenvalue weighted by atomic mass is 10.1. The van der Waals surface area contributed by atoms with Crippen LogP contribution in [0.1, 0.15) is 18.0 Å². The van der Waals surface area contributed by atoms with Crippen molar-refractivity contribution in [2.45, 2.75) is 17.4 Å². The molecule has 5 nitrogen and oxygen atoms in total. The highest BCUT2D eigenvalue weighted by Crippen LogP contribution is 2.25. The molecule has 0 aromatic heterocycles. The van der Waals surface area contributed by atoms with E-state index in [4.69, 9.17) is 5.11 Å². The second-order valence-corrected chi connectivity index (χ2v) is 7.15. The van der Waals surface area contributed by atoms with Crippen molar-refractivity contribution in [1.82, 2.24) is 4.72 Å². The fourth-order valence-electron chi connectivity index (χ4n) is 2.00. The Morgan fingerprint density at radius 2 is 1.68 bits per heavy atom. The molecule has 0 bridgehead atoms. The molecule has 0 aliphatic carbocycles. The minimum atomic E-state index is -3.84. The summed E-state index contributed by atoms with van der Waals surface area (Å²) in [6.45, 7) is 0. The summed E-state index contributed by atoms with van der Waals surface area (Å²) in [5, 5.41) is 9.02. The molecule has 116 valence electrons. The van der Waals surface area contributed by atoms with Gasteiger partial charge in [0.2, 0.25) is 10.0 Å². The van der Waals surface area contributed by atoms with Crippen molar-refractivity contribution in [2.75, 3.05) is 0 Å². The smallest absolute Gasteiger partial charge is 0.305 e. The number of rotatable bonds is 6. The molecule has 0 saturated carbocycles. The van der Waals surface area contributed by atoms with E-state index in [0.29, 0.717) is 10.0 Å². The summed E-state index contributed by atoms with van der Waals surface area (Å²) in [7, 11) is -3.84. The van der Waals surface area contributed by atoms with Gasteiger partial charge < -0.3 is 5.11 Å². The molecular weight excluding hydrogens is 370 g/mol. The third kappa shape index (κ3) is 4.16. The lowest BCUT2D eigenvalue weighted by Crippen LogP contribution is -2.30. The zero-order valence-electron chi connectivity index (χ0n) is 11.4. The van der Waals surface area contributed by atoms with Crippen LogP contribution < -0.4 is 4.72 Å². The topological polar surface area (TPSA) is 83.5 Å². The number of carboxylic acid groups (broad SMARTS) is 1. The highest BCUT2D eigenvalue weighted by molar-refractivity contribution is 9.10. The van der Waals surface area contributed by atoms with Crippen LogP contribution in [0.3, 0.4) is 0 Å². The lowest BCUT2D eigenvalue weighted by Gasteiger charge is -2.18. The molecular formula is C15H14BrNO4S. The van der Waals surface area contributed by atoms with Crippen LogP contribution in [0.15, 0.2) is 64.0 Å². The van der Waals surface area contributed by atoms with Gasteiger partial charge >= 0.3 is 5.97 Å². The Morgan fingerprint density at radius 1 is 1.09 bits per heavy atom. The molecule has 0 heterocycles. The third-order valence-corrected chi connectivity index (χ3v) is 5.49. The highest BCUT2D eigenvalue weighted by atomic mass is 79.9. The summed E-state index contributed by atoms with van der Waals surface area (Å²) in [6, 6.07) is 14.2. The summed E-state index contributed by atoms with van der Waals surface area (Å²) in [5.74, 6) is -1.08. The molecule has 0 aliphatic heterocycles. The molecule has 2 aromatic carbocycles. The number of carbonyl (C=O) groups is 1. The van der Waals surface area contributed by atoms with Gasteiger partial charge in [-0.15, -0.1) is 0 Å². The maximum absolute atomic E-state index is 12.5. The molecule has 0 radical (unpaired) electrons. The van der Waals surface area contributed by atoms with E-state index in [1.165, 1.54) is 6.07 Å². The van der Waals surface area contributed by atoms with Gasteiger partial charge in [0, 0.05) is 4.47 Å². The molecule has 1 unspecified atom stereocenters. The van der Waals surface area contributed by atoms with Gasteiger partial charge in [-0.25, -0.2) is 13.1 Å². The maximum atomic E-state index is 12.5. The molecule has 2 rings (SSSR count). The summed E-state index contributed by atoms with van der Waals surface area (Å²) in [5.41, 5.74) is 0.598. The molecule has 7 heteroatoms. The fourth-order valence-corrected chi connectivity index (χ4v) is 4.23. The summed E-state index contributed by atoms with van der Waals surface area (Å²) in [4.78, 5) is 11.1. The van der Waals surface area contributed by atoms with Crippen LogP contribution in [-0.4, -0.2) is 19.5 Å². The average Bonchev–Trinajstić information content (AvgIpc) is 2.47. The van der Waals surface area contributed by atoms with Gasteiger partial charge in [-0.3, -0.25) is 4.79 Å². The number of nitrogens with one attached hydrogen (secondary N) is 1. The molecule has 2 N–H and O–H groups in total. The van der Waals surface area contributed by atoms with Gasteiger partial charge in [-0.2, -0.15) is 0 Å². The molecule has 2 aromatic rings. The Kier molecular flexibility index (Phi) is 5.33. The SMILES string of the molecule is O=C(O)CC(NS(=O)(=O)c1ccccc1Br)c1ccccc1. The fraction of sp³-hybridized carbons (Fsp3) is 0.133. The minimum absolute atomic E-state index is 0.0707. The number of benzene rings is 2. The van der Waals surface area contributed by atoms with E-state index in [9.17, 15) is 13.2 Å². The predicted octanol–water partition coefficient (Wildman–Crippen LogP) is 2.94. The molecule has 0 fully saturated rings. The van der Waals surface area contributed by atoms with Gasteiger partial charge in [-0.1, -0.05) is 42.5 Å². The van der Waals surface area contributed by atoms with E-state index < -0.39 is 22.0 Å². The Hall–Kier alpha value is -1.70. The number of hydrogen-bond donors (Lipinski definition) is 2. The summed E-state index contributed by atoms with van der Waals surface area (Å²) >= 11 is 3.19. The van der Waals surface area contributed by atoms with E-state index in [1.807, 2.05) is 0 Å². The van der Waals surface area contributed by atoms with Crippen molar-refractivity contribution in [1.29, 1.82) is 0 Å². The minimum Gasteiger partial charge on any atom is -0.481 e. The molecule has 0 amide bonds. The normalized spacial score (nSPS) is 12.8. The second-order valence-electron chi connectivity index (χ2n) is 4.61. The quantitative estimate of drug-likeness (QED) is 0.802. The molecule has 1 atom stereocenters. The molecule has 22 heavy (non-hydrogen) atoms. The molecule has 0 aliphatic rings. The number of halogens is 1. The van der Waals surface area contributed by atoms with Crippen molar-refractivity contribution in [3.8, 4) is 0 Å². The van der Waals surface area contributed by atoms with Crippen LogP contribution in [-0.2, 0) is 14.8 Å². The summed E-state index contributed by atoms with van der Waals surface area (Å²) in [6.07, 6.45) is -0.340. The number of sulfonamides is 1. The molecule has 0 saturated heterocycles. The third-order valence-electron chi connectivity index (χ3n) is 3.00. The van der Waals surface area contributed by atoms with Gasteiger partial charge in [-0.05, 0) is 33.6 Å². The van der Waals surface area contributed by atoms with Crippen molar-refractivity contribution < 1.29 is 18.3 Å². The van der Waals surface area contributed by atoms with Crippen molar-refractivity contribution in [3.05, 3.63) is 64.6 Å². The zero-order valence-corrected chi connectivity index (χ0v) is 13.8. The van der Waals surface area contributed by atoms with Crippen molar-refractivity contribution in [2.24, 2.45) is 0 Å². The Balaban J connectivity index is 2.35. The van der Waals surface area contributed by atoms with E-state index in [1.54, 1.807) is 48.5 Å². The predicted molar refractivity (Wildman–Crippen MR) is 85.9 cm³/mol. The number of hydrogen-bond acceptors (Lipinski definition) is 3. The van der Waals surface area contributed by atoms with E-state index in [-0.39, 0.29) is 11.3 Å². The first kappa shape index (κ1) is 16.7. The largest absolute Gasteiger partial charge is 0.481 e. The van der Waals surface area contributed by atoms with Crippen LogP contribution in [0.2, 0.25) is 0 Å². The second kappa shape index (κ2) is 7.04. The summed E-state index contributed by atoms with van der Waals surface area (Å²) < 4.78 is 27.8. The van der Waals surface area contributed by atoms with Crippen LogP contribution in [0.25, 0.3) is 0 Å². The standard InChI is InChI=1S/C15H14BrNO4S/c16-12-8-4-5-9-14(12)22(20,21)17-13(10-15(18)19)11-6-2-1-3-7-11/h1-9,13,17H,10H2,(H,18,19). The van der Waals surface area contributed by atoms with Crippen LogP contribution in [0.4, 0.5) is 0 Å². The monoisotopic (exact) mass is 383 g/mol. The Labute approximate surface area is 137 Å². The van der Waals surface area contributed by atoms with Crippen molar-refractivity contribution in [3.63, 3.8) is 0 Å². The average molecular weight is 384 g/mol. The van der Waals surface area contributed by atoms with Crippen LogP contribution in [0, 0.1) is 0 Å². The Bertz CT molecular complexity index is 762. The van der Waals surface area contributed by atoms with E-state index in [0.717, 1.165) is 0 Å². The van der Waals surface area contributed by atoms with Crippen LogP contribution >= 0.6 is 15.9 Å². The lowest BCUT2D eigenvalue weighted by molar-refractivity contribution is -0.137. The first-order chi connectivity index (χ1) is 10.4. The zero-order chi connectivity index (χ0) is 16.2. The number of carboxylic acids is 1. The van der Waals surface area contributed by atoms with Gasteiger partial charge in [0.15, 0.2) is 0 Å². The van der Waals surface area contributed by atoms with Gasteiger partial charge in [0.05, 0.1) is 17.4 Å². The first-order valence-electron chi connectivity index (χ1n) is 6.44. The van der Waals surface area contributed by atoms with E-state index >= 15 is 0 Å². The van der Waals surface area contributed by atoms with Gasteiger partial charge in [0.1, 0.15) is 0 Å². The first-order valence-corrected chi connectivity index (χ1v) is 8.71.